The number of sulfonamides is 1. The summed E-state index contributed by atoms with van der Waals surface area (Å²) in [5, 5.41) is 6.69. The fourth-order valence-corrected chi connectivity index (χ4v) is 3.30. The second-order valence-corrected chi connectivity index (χ2v) is 6.75. The van der Waals surface area contributed by atoms with E-state index in [-0.39, 0.29) is 10.5 Å². The van der Waals surface area contributed by atoms with Gasteiger partial charge in [-0.1, -0.05) is 12.1 Å². The molecule has 0 aliphatic carbocycles. The molecule has 0 fully saturated rings. The van der Waals surface area contributed by atoms with Crippen molar-refractivity contribution < 1.29 is 12.8 Å². The molecule has 0 radical (unpaired) electrons. The Morgan fingerprint density at radius 3 is 2.65 bits per heavy atom. The van der Waals surface area contributed by atoms with Crippen molar-refractivity contribution in [2.45, 2.75) is 11.8 Å². The minimum absolute atomic E-state index is 0.0170. The third-order valence-corrected chi connectivity index (χ3v) is 4.75. The summed E-state index contributed by atoms with van der Waals surface area (Å²) in [5.41, 5.74) is 2.28. The zero-order valence-corrected chi connectivity index (χ0v) is 13.1. The quantitative estimate of drug-likeness (QED) is 0.770. The number of nitrogens with one attached hydrogen (secondary N) is 2. The van der Waals surface area contributed by atoms with Gasteiger partial charge in [-0.3, -0.25) is 9.82 Å². The lowest BCUT2D eigenvalue weighted by atomic mass is 10.1. The van der Waals surface area contributed by atoms with E-state index in [4.69, 9.17) is 0 Å². The molecule has 2 N–H and O–H groups in total. The number of benzene rings is 2. The van der Waals surface area contributed by atoms with E-state index < -0.39 is 15.8 Å². The smallest absolute Gasteiger partial charge is 0.261 e. The van der Waals surface area contributed by atoms with Gasteiger partial charge in [0.05, 0.1) is 10.6 Å². The van der Waals surface area contributed by atoms with Crippen LogP contribution >= 0.6 is 0 Å². The van der Waals surface area contributed by atoms with E-state index in [0.717, 1.165) is 17.3 Å². The molecule has 3 rings (SSSR count). The summed E-state index contributed by atoms with van der Waals surface area (Å²) in [6.07, 6.45) is 1.62. The average Bonchev–Trinajstić information content (AvgIpc) is 3.04. The summed E-state index contributed by atoms with van der Waals surface area (Å²) in [6, 6.07) is 12.4. The van der Waals surface area contributed by atoms with Crippen LogP contribution in [0.5, 0.6) is 0 Å². The highest BCUT2D eigenvalue weighted by Crippen LogP contribution is 2.23. The molecule has 3 aromatic rings. The molecular weight excluding hydrogens is 317 g/mol. The van der Waals surface area contributed by atoms with Crippen molar-refractivity contribution in [3.63, 3.8) is 0 Å². The van der Waals surface area contributed by atoms with Crippen molar-refractivity contribution in [1.29, 1.82) is 0 Å². The Morgan fingerprint density at radius 1 is 1.13 bits per heavy atom. The summed E-state index contributed by atoms with van der Waals surface area (Å²) in [7, 11) is -3.78. The summed E-state index contributed by atoms with van der Waals surface area (Å²) in [5.74, 6) is -0.440. The Kier molecular flexibility index (Phi) is 3.87. The van der Waals surface area contributed by atoms with Crippen LogP contribution in [0.15, 0.2) is 59.6 Å². The minimum Gasteiger partial charge on any atom is -0.280 e. The van der Waals surface area contributed by atoms with Crippen LogP contribution in [-0.4, -0.2) is 18.6 Å². The molecule has 0 saturated carbocycles. The zero-order chi connectivity index (χ0) is 16.4. The van der Waals surface area contributed by atoms with Crippen LogP contribution in [0.1, 0.15) is 5.56 Å². The predicted octanol–water partition coefficient (Wildman–Crippen LogP) is 3.33. The van der Waals surface area contributed by atoms with Crippen molar-refractivity contribution in [3.8, 4) is 11.3 Å². The molecule has 0 spiro atoms. The molecule has 0 atom stereocenters. The van der Waals surface area contributed by atoms with E-state index in [1.54, 1.807) is 30.5 Å². The van der Waals surface area contributed by atoms with Crippen LogP contribution in [0.4, 0.5) is 10.1 Å². The molecule has 0 saturated heterocycles. The van der Waals surface area contributed by atoms with Crippen molar-refractivity contribution in [2.75, 3.05) is 4.72 Å². The molecule has 2 aromatic carbocycles. The van der Waals surface area contributed by atoms with E-state index in [1.807, 2.05) is 6.07 Å². The lowest BCUT2D eigenvalue weighted by Crippen LogP contribution is -2.13. The van der Waals surface area contributed by atoms with Gasteiger partial charge in [0.25, 0.3) is 10.0 Å². The van der Waals surface area contributed by atoms with Gasteiger partial charge in [0, 0.05) is 17.4 Å². The monoisotopic (exact) mass is 331 g/mol. The zero-order valence-electron chi connectivity index (χ0n) is 12.2. The fourth-order valence-electron chi connectivity index (χ4n) is 2.17. The van der Waals surface area contributed by atoms with Crippen LogP contribution in [0.2, 0.25) is 0 Å². The number of H-pyrrole nitrogens is 1. The van der Waals surface area contributed by atoms with Gasteiger partial charge < -0.3 is 0 Å². The van der Waals surface area contributed by atoms with E-state index in [2.05, 4.69) is 14.9 Å². The first-order valence-corrected chi connectivity index (χ1v) is 8.33. The molecule has 5 nitrogen and oxygen atoms in total. The van der Waals surface area contributed by atoms with Gasteiger partial charge >= 0.3 is 0 Å². The number of aromatic nitrogens is 2. The minimum atomic E-state index is -3.78. The highest BCUT2D eigenvalue weighted by molar-refractivity contribution is 7.92. The van der Waals surface area contributed by atoms with Crippen molar-refractivity contribution in [3.05, 3.63) is 66.1 Å². The molecule has 0 aliphatic heterocycles. The maximum Gasteiger partial charge on any atom is 0.261 e. The van der Waals surface area contributed by atoms with Gasteiger partial charge in [-0.2, -0.15) is 5.10 Å². The number of aromatic amines is 1. The number of halogens is 1. The van der Waals surface area contributed by atoms with Gasteiger partial charge in [-0.15, -0.1) is 0 Å². The summed E-state index contributed by atoms with van der Waals surface area (Å²) in [6.45, 7) is 1.52. The van der Waals surface area contributed by atoms with Crippen molar-refractivity contribution in [2.24, 2.45) is 0 Å². The lowest BCUT2D eigenvalue weighted by molar-refractivity contribution is 0.598. The normalized spacial score (nSPS) is 11.4. The first-order valence-electron chi connectivity index (χ1n) is 6.84. The third kappa shape index (κ3) is 3.24. The van der Waals surface area contributed by atoms with Crippen LogP contribution in [0.25, 0.3) is 11.3 Å². The third-order valence-electron chi connectivity index (χ3n) is 3.37. The Labute approximate surface area is 133 Å². The molecule has 118 valence electrons. The average molecular weight is 331 g/mol. The number of nitrogens with zero attached hydrogens (tertiary/aromatic N) is 1. The van der Waals surface area contributed by atoms with Crippen LogP contribution in [0, 0.1) is 12.7 Å². The maximum absolute atomic E-state index is 13.3. The molecule has 0 bridgehead atoms. The van der Waals surface area contributed by atoms with E-state index in [0.29, 0.717) is 5.69 Å². The predicted molar refractivity (Wildman–Crippen MR) is 86.0 cm³/mol. The van der Waals surface area contributed by atoms with E-state index >= 15 is 0 Å². The van der Waals surface area contributed by atoms with Crippen molar-refractivity contribution in [1.82, 2.24) is 10.2 Å². The summed E-state index contributed by atoms with van der Waals surface area (Å²) in [4.78, 5) is 0.0170. The molecule has 7 heteroatoms. The van der Waals surface area contributed by atoms with Crippen LogP contribution in [0.3, 0.4) is 0 Å². The Morgan fingerprint density at radius 2 is 1.96 bits per heavy atom. The topological polar surface area (TPSA) is 74.8 Å². The highest BCUT2D eigenvalue weighted by atomic mass is 32.2. The first kappa shape index (κ1) is 15.2. The van der Waals surface area contributed by atoms with Crippen LogP contribution in [-0.2, 0) is 10.0 Å². The van der Waals surface area contributed by atoms with Gasteiger partial charge in [-0.05, 0) is 48.9 Å². The van der Waals surface area contributed by atoms with Crippen molar-refractivity contribution >= 4 is 15.7 Å². The number of hydrogen-bond donors (Lipinski definition) is 2. The molecule has 1 heterocycles. The lowest BCUT2D eigenvalue weighted by Gasteiger charge is -2.10. The first-order chi connectivity index (χ1) is 11.0. The second-order valence-electron chi connectivity index (χ2n) is 5.07. The Hall–Kier alpha value is -2.67. The Balaban J connectivity index is 1.91. The van der Waals surface area contributed by atoms with E-state index in [9.17, 15) is 12.8 Å². The van der Waals surface area contributed by atoms with Crippen LogP contribution < -0.4 is 4.72 Å². The van der Waals surface area contributed by atoms with Gasteiger partial charge in [0.2, 0.25) is 0 Å². The summed E-state index contributed by atoms with van der Waals surface area (Å²) >= 11 is 0. The number of anilines is 1. The number of hydrogen-bond acceptors (Lipinski definition) is 3. The fraction of sp³-hybridized carbons (Fsp3) is 0.0625. The van der Waals surface area contributed by atoms with E-state index in [1.165, 1.54) is 19.1 Å². The maximum atomic E-state index is 13.3. The second kappa shape index (κ2) is 5.85. The molecule has 0 unspecified atom stereocenters. The molecule has 0 amide bonds. The van der Waals surface area contributed by atoms with Gasteiger partial charge in [0.15, 0.2) is 0 Å². The van der Waals surface area contributed by atoms with Gasteiger partial charge in [-0.25, -0.2) is 12.8 Å². The SMILES string of the molecule is Cc1cc(S(=O)(=O)Nc2cccc(-c3ccn[nH]3)c2)ccc1F. The van der Waals surface area contributed by atoms with Gasteiger partial charge in [0.1, 0.15) is 5.82 Å². The molecule has 1 aromatic heterocycles. The highest BCUT2D eigenvalue weighted by Gasteiger charge is 2.15. The standard InChI is InChI=1S/C16H14FN3O2S/c1-11-9-14(5-6-15(11)17)23(21,22)20-13-4-2-3-12(10-13)16-7-8-18-19-16/h2-10,20H,1H3,(H,18,19). The Bertz CT molecular complexity index is 938. The summed E-state index contributed by atoms with van der Waals surface area (Å²) < 4.78 is 40.6. The largest absolute Gasteiger partial charge is 0.280 e. The molecule has 23 heavy (non-hydrogen) atoms. The molecular formula is C16H14FN3O2S. The number of rotatable bonds is 4. The molecule has 0 aliphatic rings. The number of aryl methyl sites for hydroxylation is 1.